The van der Waals surface area contributed by atoms with Crippen LogP contribution in [-0.4, -0.2) is 96.7 Å². The first-order valence-electron chi connectivity index (χ1n) is 35.3. The van der Waals surface area contributed by atoms with E-state index in [1.165, 1.54) is 141 Å². The molecule has 0 radical (unpaired) electrons. The molecule has 516 valence electrons. The number of hydrogen-bond donors (Lipinski definition) is 3. The van der Waals surface area contributed by atoms with Gasteiger partial charge >= 0.3 is 39.5 Å². The smallest absolute Gasteiger partial charge is 0.462 e. The molecule has 5 atom stereocenters. The highest BCUT2D eigenvalue weighted by Crippen LogP contribution is 2.45. The summed E-state index contributed by atoms with van der Waals surface area (Å²) in [4.78, 5) is 72.3. The Hall–Kier alpha value is -1.94. The Morgan fingerprint density at radius 3 is 0.782 bits per heavy atom. The average Bonchev–Trinajstić information content (AvgIpc) is 3.69. The minimum Gasteiger partial charge on any atom is -0.462 e. The van der Waals surface area contributed by atoms with Crippen molar-refractivity contribution in [1.29, 1.82) is 0 Å². The molecule has 0 saturated carbocycles. The van der Waals surface area contributed by atoms with Crippen LogP contribution < -0.4 is 0 Å². The third-order valence-corrected chi connectivity index (χ3v) is 17.5. The molecule has 0 saturated heterocycles. The Morgan fingerprint density at radius 1 is 0.310 bits per heavy atom. The maximum atomic E-state index is 13.0. The number of carbonyl (C=O) groups is 4. The molecule has 0 fully saturated rings. The Morgan fingerprint density at radius 2 is 0.529 bits per heavy atom. The molecule has 0 aromatic heterocycles. The van der Waals surface area contributed by atoms with Crippen molar-refractivity contribution in [3.05, 3.63) is 0 Å². The van der Waals surface area contributed by atoms with Crippen LogP contribution >= 0.6 is 15.6 Å². The van der Waals surface area contributed by atoms with Gasteiger partial charge in [0, 0.05) is 25.7 Å². The van der Waals surface area contributed by atoms with Crippen LogP contribution in [0, 0.1) is 17.8 Å². The molecule has 0 aliphatic carbocycles. The maximum Gasteiger partial charge on any atom is 0.472 e. The van der Waals surface area contributed by atoms with E-state index in [0.29, 0.717) is 31.6 Å². The molecule has 0 aliphatic rings. The zero-order valence-electron chi connectivity index (χ0n) is 56.5. The maximum absolute atomic E-state index is 13.0. The van der Waals surface area contributed by atoms with Crippen LogP contribution in [0.2, 0.25) is 0 Å². The molecule has 0 amide bonds. The van der Waals surface area contributed by atoms with Gasteiger partial charge in [-0.3, -0.25) is 37.3 Å². The van der Waals surface area contributed by atoms with Crippen molar-refractivity contribution in [3.63, 3.8) is 0 Å². The van der Waals surface area contributed by atoms with Crippen molar-refractivity contribution in [2.45, 2.75) is 356 Å². The van der Waals surface area contributed by atoms with E-state index >= 15 is 0 Å². The van der Waals surface area contributed by atoms with E-state index in [2.05, 4.69) is 48.5 Å². The predicted octanol–water partition coefficient (Wildman–Crippen LogP) is 19.1. The molecule has 0 rings (SSSR count). The Kier molecular flexibility index (Phi) is 57.8. The fraction of sp³-hybridized carbons (Fsp3) is 0.941. The summed E-state index contributed by atoms with van der Waals surface area (Å²) < 4.78 is 68.1. The van der Waals surface area contributed by atoms with E-state index in [0.717, 1.165) is 108 Å². The first-order valence-corrected chi connectivity index (χ1v) is 38.3. The van der Waals surface area contributed by atoms with Gasteiger partial charge in [0.1, 0.15) is 19.3 Å². The van der Waals surface area contributed by atoms with Crippen molar-refractivity contribution in [2.24, 2.45) is 17.8 Å². The highest BCUT2D eigenvalue weighted by atomic mass is 31.2. The summed E-state index contributed by atoms with van der Waals surface area (Å²) in [7, 11) is -9.89. The van der Waals surface area contributed by atoms with E-state index in [-0.39, 0.29) is 25.7 Å². The van der Waals surface area contributed by atoms with Crippen LogP contribution in [0.25, 0.3) is 0 Å². The zero-order chi connectivity index (χ0) is 64.5. The molecule has 0 bridgehead atoms. The lowest BCUT2D eigenvalue weighted by molar-refractivity contribution is -0.161. The lowest BCUT2D eigenvalue weighted by Gasteiger charge is -2.21. The average molecular weight is 1280 g/mol. The van der Waals surface area contributed by atoms with Crippen molar-refractivity contribution < 1.29 is 80.2 Å². The Balaban J connectivity index is 5.19. The largest absolute Gasteiger partial charge is 0.472 e. The predicted molar refractivity (Wildman–Crippen MR) is 349 cm³/mol. The first-order chi connectivity index (χ1) is 41.7. The summed E-state index contributed by atoms with van der Waals surface area (Å²) in [5.41, 5.74) is 0. The highest BCUT2D eigenvalue weighted by molar-refractivity contribution is 7.47. The summed E-state index contributed by atoms with van der Waals surface area (Å²) in [6.07, 6.45) is 42.0. The normalized spacial score (nSPS) is 14.3. The highest BCUT2D eigenvalue weighted by Gasteiger charge is 2.30. The van der Waals surface area contributed by atoms with Crippen LogP contribution in [0.3, 0.4) is 0 Å². The first kappa shape index (κ1) is 85.1. The number of ether oxygens (including phenoxy) is 4. The van der Waals surface area contributed by atoms with E-state index < -0.39 is 97.5 Å². The second-order valence-corrected chi connectivity index (χ2v) is 28.9. The topological polar surface area (TPSA) is 237 Å². The van der Waals surface area contributed by atoms with Gasteiger partial charge in [-0.25, -0.2) is 9.13 Å². The molecule has 19 heteroatoms. The summed E-state index contributed by atoms with van der Waals surface area (Å²) in [5, 5.41) is 10.6. The Bertz CT molecular complexity index is 1720. The number of esters is 4. The van der Waals surface area contributed by atoms with Gasteiger partial charge in [0.25, 0.3) is 0 Å². The van der Waals surface area contributed by atoms with E-state index in [1.807, 2.05) is 0 Å². The fourth-order valence-corrected chi connectivity index (χ4v) is 11.8. The van der Waals surface area contributed by atoms with Crippen molar-refractivity contribution >= 4 is 39.5 Å². The number of carbonyl (C=O) groups excluding carboxylic acids is 4. The standard InChI is InChI=1S/C68H132O17P2/c1-8-9-10-11-12-27-35-42-49-65(70)78-56-64(85-68(73)52-45-38-31-30-34-41-48-61(6)7)58-83-87(76,77)81-54-62(69)53-80-86(74,75)82-57-63(55-79-66(71)50-43-36-28-24-20-22-26-33-40-47-60(4)5)84-67(72)51-44-37-29-23-19-17-15-13-14-16-18-21-25-32-39-46-59(2)3/h59-64,69H,8-58H2,1-7H3,(H,74,75)(H,76,77)/t62-,63-,64-/m1/s1. The van der Waals surface area contributed by atoms with Crippen molar-refractivity contribution in [3.8, 4) is 0 Å². The van der Waals surface area contributed by atoms with E-state index in [1.54, 1.807) is 0 Å². The summed E-state index contributed by atoms with van der Waals surface area (Å²) in [5.74, 6) is 0.0798. The van der Waals surface area contributed by atoms with Crippen LogP contribution in [0.4, 0.5) is 0 Å². The van der Waals surface area contributed by atoms with Gasteiger partial charge in [0.05, 0.1) is 26.4 Å². The second-order valence-electron chi connectivity index (χ2n) is 26.0. The lowest BCUT2D eigenvalue weighted by Crippen LogP contribution is -2.30. The number of rotatable bonds is 66. The number of phosphoric ester groups is 2. The molecule has 17 nitrogen and oxygen atoms in total. The summed E-state index contributed by atoms with van der Waals surface area (Å²) in [6, 6.07) is 0. The number of unbranched alkanes of at least 4 members (excludes halogenated alkanes) is 34. The van der Waals surface area contributed by atoms with Crippen LogP contribution in [0.15, 0.2) is 0 Å². The van der Waals surface area contributed by atoms with Gasteiger partial charge in [0.2, 0.25) is 0 Å². The molecule has 0 spiro atoms. The summed E-state index contributed by atoms with van der Waals surface area (Å²) >= 11 is 0. The molecule has 0 aromatic carbocycles. The molecule has 87 heavy (non-hydrogen) atoms. The van der Waals surface area contributed by atoms with Gasteiger partial charge < -0.3 is 33.8 Å². The van der Waals surface area contributed by atoms with E-state index in [9.17, 15) is 43.2 Å². The Labute approximate surface area is 530 Å². The van der Waals surface area contributed by atoms with Crippen LogP contribution in [0.5, 0.6) is 0 Å². The van der Waals surface area contributed by atoms with Gasteiger partial charge in [-0.1, -0.05) is 286 Å². The van der Waals surface area contributed by atoms with E-state index in [4.69, 9.17) is 37.0 Å². The number of aliphatic hydroxyl groups is 1. The van der Waals surface area contributed by atoms with Crippen LogP contribution in [0.1, 0.15) is 337 Å². The molecular weight excluding hydrogens is 1150 g/mol. The van der Waals surface area contributed by atoms with Gasteiger partial charge in [-0.15, -0.1) is 0 Å². The summed E-state index contributed by atoms with van der Waals surface area (Å²) in [6.45, 7) is 11.7. The second kappa shape index (κ2) is 59.1. The third kappa shape index (κ3) is 62.6. The number of aliphatic hydroxyl groups excluding tert-OH is 1. The van der Waals surface area contributed by atoms with Crippen molar-refractivity contribution in [1.82, 2.24) is 0 Å². The monoisotopic (exact) mass is 1280 g/mol. The van der Waals surface area contributed by atoms with Crippen molar-refractivity contribution in [2.75, 3.05) is 39.6 Å². The quantitative estimate of drug-likeness (QED) is 0.0222. The molecule has 0 heterocycles. The fourth-order valence-electron chi connectivity index (χ4n) is 10.2. The number of hydrogen-bond acceptors (Lipinski definition) is 15. The molecule has 2 unspecified atom stereocenters. The molecule has 3 N–H and O–H groups in total. The minimum absolute atomic E-state index is 0.102. The van der Waals surface area contributed by atoms with Gasteiger partial charge in [0.15, 0.2) is 12.2 Å². The molecular formula is C68H132O17P2. The lowest BCUT2D eigenvalue weighted by atomic mass is 10.0. The molecule has 0 aliphatic heterocycles. The minimum atomic E-state index is -4.95. The van der Waals surface area contributed by atoms with Crippen LogP contribution in [-0.2, 0) is 65.4 Å². The van der Waals surface area contributed by atoms with Gasteiger partial charge in [-0.05, 0) is 43.4 Å². The number of phosphoric acid groups is 2. The van der Waals surface area contributed by atoms with Gasteiger partial charge in [-0.2, -0.15) is 0 Å². The zero-order valence-corrected chi connectivity index (χ0v) is 58.3. The third-order valence-electron chi connectivity index (χ3n) is 15.6. The SMILES string of the molecule is CCCCCCCCCCC(=O)OC[C@H](COP(=O)(O)OC[C@H](O)COP(=O)(O)OC[C@@H](COC(=O)CCCCCCCCCCCC(C)C)OC(=O)CCCCCCCCCCCCCCCCCC(C)C)OC(=O)CCCCCCCCC(C)C. The molecule has 0 aromatic rings.